The van der Waals surface area contributed by atoms with Gasteiger partial charge in [0, 0.05) is 56.1 Å². The highest BCUT2D eigenvalue weighted by atomic mass is 16.5. The summed E-state index contributed by atoms with van der Waals surface area (Å²) < 4.78 is 16.9. The van der Waals surface area contributed by atoms with Gasteiger partial charge < -0.3 is 30.0 Å². The summed E-state index contributed by atoms with van der Waals surface area (Å²) in [6.07, 6.45) is 0. The highest BCUT2D eigenvalue weighted by Crippen LogP contribution is 2.27. The number of azo groups is 1. The van der Waals surface area contributed by atoms with Gasteiger partial charge >= 0.3 is 0 Å². The first-order valence-electron chi connectivity index (χ1n) is 11.8. The Kier molecular flexibility index (Phi) is 8.96. The molecule has 0 unspecified atom stereocenters. The molecule has 3 N–H and O–H groups in total. The topological polar surface area (TPSA) is 135 Å². The molecule has 2 saturated heterocycles. The lowest BCUT2D eigenvalue weighted by Crippen LogP contribution is -2.38. The van der Waals surface area contributed by atoms with Gasteiger partial charge in [0.25, 0.3) is 0 Å². The predicted octanol–water partition coefficient (Wildman–Crippen LogP) is 1.50. The summed E-state index contributed by atoms with van der Waals surface area (Å²) in [6.45, 7) is 7.51. The first kappa shape index (κ1) is 25.0. The Hall–Kier alpha value is -3.12. The van der Waals surface area contributed by atoms with Crippen molar-refractivity contribution < 1.29 is 24.1 Å². The molecule has 1 amide bonds. The van der Waals surface area contributed by atoms with E-state index in [0.717, 1.165) is 57.2 Å². The zero-order valence-electron chi connectivity index (χ0n) is 19.8. The molecule has 35 heavy (non-hydrogen) atoms. The van der Waals surface area contributed by atoms with E-state index in [1.54, 1.807) is 18.2 Å². The number of ether oxygens (including phenoxy) is 3. The van der Waals surface area contributed by atoms with Crippen LogP contribution in [0.15, 0.2) is 40.6 Å². The van der Waals surface area contributed by atoms with Crippen molar-refractivity contribution in [3.8, 4) is 5.88 Å². The van der Waals surface area contributed by atoms with E-state index in [1.165, 1.54) is 0 Å². The van der Waals surface area contributed by atoms with E-state index in [2.05, 4.69) is 25.0 Å². The Morgan fingerprint density at radius 1 is 1.03 bits per heavy atom. The van der Waals surface area contributed by atoms with Crippen LogP contribution in [-0.2, 0) is 22.6 Å². The van der Waals surface area contributed by atoms with Gasteiger partial charge in [-0.3, -0.25) is 9.69 Å². The molecular weight excluding hydrogens is 452 g/mol. The van der Waals surface area contributed by atoms with Crippen LogP contribution >= 0.6 is 0 Å². The van der Waals surface area contributed by atoms with Gasteiger partial charge in [0.2, 0.25) is 11.8 Å². The smallest absolute Gasteiger partial charge is 0.248 e. The average molecular weight is 485 g/mol. The van der Waals surface area contributed by atoms with Crippen molar-refractivity contribution in [1.29, 1.82) is 0 Å². The van der Waals surface area contributed by atoms with Crippen LogP contribution < -0.4 is 15.4 Å². The molecule has 0 bridgehead atoms. The number of aliphatic hydroxyl groups is 1. The van der Waals surface area contributed by atoms with Crippen molar-refractivity contribution in [2.75, 3.05) is 70.7 Å². The van der Waals surface area contributed by atoms with Crippen LogP contribution in [-0.4, -0.2) is 86.7 Å². The summed E-state index contributed by atoms with van der Waals surface area (Å²) in [7, 11) is 0. The molecule has 2 aliphatic rings. The molecule has 188 valence electrons. The molecular formula is C24H32N6O5. The quantitative estimate of drug-likeness (QED) is 0.485. The summed E-state index contributed by atoms with van der Waals surface area (Å²) in [5.41, 5.74) is 7.99. The number of pyridine rings is 1. The molecule has 11 nitrogen and oxygen atoms in total. The summed E-state index contributed by atoms with van der Waals surface area (Å²) in [5.74, 6) is 0.371. The number of primary amides is 1. The molecule has 0 radical (unpaired) electrons. The fraction of sp³-hybridized carbons (Fsp3) is 0.500. The van der Waals surface area contributed by atoms with Gasteiger partial charge in [-0.2, -0.15) is 10.1 Å². The van der Waals surface area contributed by atoms with Crippen LogP contribution in [0.5, 0.6) is 5.88 Å². The monoisotopic (exact) mass is 484 g/mol. The molecule has 3 heterocycles. The van der Waals surface area contributed by atoms with Gasteiger partial charge in [0.05, 0.1) is 39.6 Å². The number of hydrogen-bond donors (Lipinski definition) is 2. The zero-order valence-corrected chi connectivity index (χ0v) is 19.8. The third kappa shape index (κ3) is 7.43. The molecule has 2 aliphatic heterocycles. The average Bonchev–Trinajstić information content (AvgIpc) is 2.89. The highest BCUT2D eigenvalue weighted by Gasteiger charge is 2.15. The third-order valence-corrected chi connectivity index (χ3v) is 5.86. The van der Waals surface area contributed by atoms with Crippen molar-refractivity contribution in [1.82, 2.24) is 9.88 Å². The Morgan fingerprint density at radius 3 is 2.46 bits per heavy atom. The molecule has 1 aromatic carbocycles. The van der Waals surface area contributed by atoms with E-state index in [0.29, 0.717) is 42.6 Å². The maximum Gasteiger partial charge on any atom is 0.248 e. The lowest BCUT2D eigenvalue weighted by Gasteiger charge is -2.29. The molecule has 2 aromatic rings. The predicted molar refractivity (Wildman–Crippen MR) is 129 cm³/mol. The number of aromatic nitrogens is 1. The normalized spacial score (nSPS) is 17.1. The lowest BCUT2D eigenvalue weighted by molar-refractivity contribution is 0.0320. The van der Waals surface area contributed by atoms with Crippen molar-refractivity contribution in [3.05, 3.63) is 47.0 Å². The molecule has 0 aliphatic carbocycles. The maximum absolute atomic E-state index is 11.6. The van der Waals surface area contributed by atoms with E-state index in [4.69, 9.17) is 19.9 Å². The molecule has 2 fully saturated rings. The van der Waals surface area contributed by atoms with Gasteiger partial charge in [-0.05, 0) is 23.3 Å². The minimum absolute atomic E-state index is 0.195. The Morgan fingerprint density at radius 2 is 1.74 bits per heavy atom. The van der Waals surface area contributed by atoms with Crippen LogP contribution in [0.3, 0.4) is 0 Å². The van der Waals surface area contributed by atoms with Gasteiger partial charge in [-0.15, -0.1) is 5.11 Å². The van der Waals surface area contributed by atoms with E-state index in [9.17, 15) is 9.90 Å². The summed E-state index contributed by atoms with van der Waals surface area (Å²) in [6, 6.07) is 8.79. The first-order chi connectivity index (χ1) is 17.1. The molecule has 1 aromatic heterocycles. The summed E-state index contributed by atoms with van der Waals surface area (Å²) in [4.78, 5) is 20.6. The van der Waals surface area contributed by atoms with Gasteiger partial charge in [0.1, 0.15) is 6.61 Å². The van der Waals surface area contributed by atoms with Crippen LogP contribution in [0.4, 0.5) is 11.5 Å². The Labute approximate surface area is 204 Å². The number of morpholine rings is 2. The number of amides is 1. The fourth-order valence-corrected chi connectivity index (χ4v) is 3.99. The largest absolute Gasteiger partial charge is 0.476 e. The molecule has 0 spiro atoms. The Bertz CT molecular complexity index is 1020. The zero-order chi connectivity index (χ0) is 24.5. The maximum atomic E-state index is 11.6. The number of carbonyl (C=O) groups excluding carboxylic acids is 1. The molecule has 4 rings (SSSR count). The number of rotatable bonds is 10. The molecule has 0 atom stereocenters. The molecule has 0 saturated carbocycles. The van der Waals surface area contributed by atoms with Gasteiger partial charge in [-0.1, -0.05) is 6.07 Å². The van der Waals surface area contributed by atoms with Gasteiger partial charge in [-0.25, -0.2) is 0 Å². The number of nitrogens with zero attached hydrogens (tertiary/aromatic N) is 5. The summed E-state index contributed by atoms with van der Waals surface area (Å²) in [5, 5.41) is 18.1. The van der Waals surface area contributed by atoms with Crippen molar-refractivity contribution in [3.63, 3.8) is 0 Å². The van der Waals surface area contributed by atoms with Crippen LogP contribution in [0.25, 0.3) is 0 Å². The second-order valence-electron chi connectivity index (χ2n) is 8.38. The van der Waals surface area contributed by atoms with Crippen molar-refractivity contribution >= 4 is 17.4 Å². The number of nitrogens with two attached hydrogens (primary N) is 1. The van der Waals surface area contributed by atoms with E-state index < -0.39 is 5.91 Å². The van der Waals surface area contributed by atoms with E-state index >= 15 is 0 Å². The number of anilines is 1. The van der Waals surface area contributed by atoms with E-state index in [-0.39, 0.29) is 13.2 Å². The van der Waals surface area contributed by atoms with Crippen LogP contribution in [0.1, 0.15) is 21.5 Å². The van der Waals surface area contributed by atoms with Crippen molar-refractivity contribution in [2.24, 2.45) is 16.0 Å². The van der Waals surface area contributed by atoms with Crippen molar-refractivity contribution in [2.45, 2.75) is 13.2 Å². The third-order valence-electron chi connectivity index (χ3n) is 5.86. The minimum Gasteiger partial charge on any atom is -0.476 e. The fourth-order valence-electron chi connectivity index (χ4n) is 3.99. The number of aliphatic hydroxyl groups excluding tert-OH is 1. The summed E-state index contributed by atoms with van der Waals surface area (Å²) >= 11 is 0. The first-order valence-corrected chi connectivity index (χ1v) is 11.8. The second kappa shape index (κ2) is 12.5. The molecule has 11 heteroatoms. The van der Waals surface area contributed by atoms with Gasteiger partial charge in [0.15, 0.2) is 5.82 Å². The van der Waals surface area contributed by atoms with Crippen LogP contribution in [0, 0.1) is 0 Å². The number of carbonyl (C=O) groups is 1. The minimum atomic E-state index is -0.558. The lowest BCUT2D eigenvalue weighted by atomic mass is 10.1. The van der Waals surface area contributed by atoms with E-state index in [1.807, 2.05) is 12.1 Å². The number of benzene rings is 1. The Balaban J connectivity index is 1.47. The SMILES string of the molecule is NC(=O)c1cc(CO)cc(CN=Nc2cc(N3CCOCC3)cc(OCCN3CCOCC3)n2)c1. The highest BCUT2D eigenvalue weighted by molar-refractivity contribution is 5.93. The number of hydrogen-bond acceptors (Lipinski definition) is 10. The standard InChI is InChI=1S/C24H32N6O5/c25-24(32)20-12-18(11-19(13-20)17-31)16-26-28-22-14-21(30-4-8-34-9-5-30)15-23(27-22)35-10-3-29-1-6-33-7-2-29/h11-15,31H,1-10,16-17H2,(H2,25,32). The second-order valence-corrected chi connectivity index (χ2v) is 8.38. The van der Waals surface area contributed by atoms with Crippen LogP contribution in [0.2, 0.25) is 0 Å².